The average molecular weight is 609 g/mol. The largest absolute Gasteiger partial charge is 0.508 e. The molecule has 0 heterocycles. The molecule has 16 N–H and O–H groups in total. The van der Waals surface area contributed by atoms with Crippen LogP contribution in [0.25, 0.3) is 0 Å². The Morgan fingerprint density at radius 1 is 0.721 bits per heavy atom. The maximum Gasteiger partial charge on any atom is 0.326 e. The van der Waals surface area contributed by atoms with Gasteiger partial charge in [-0.15, -0.1) is 0 Å². The highest BCUT2D eigenvalue weighted by Crippen LogP contribution is 2.12. The highest BCUT2D eigenvalue weighted by Gasteiger charge is 2.31. The Bertz CT molecular complexity index is 1170. The summed E-state index contributed by atoms with van der Waals surface area (Å²) in [6, 6.07) is 0.122. The van der Waals surface area contributed by atoms with E-state index in [4.69, 9.17) is 28.7 Å². The van der Waals surface area contributed by atoms with Crippen molar-refractivity contribution in [1.29, 1.82) is 0 Å². The minimum Gasteiger partial charge on any atom is -0.508 e. The van der Waals surface area contributed by atoms with Crippen LogP contribution in [0.5, 0.6) is 5.75 Å². The van der Waals surface area contributed by atoms with Crippen molar-refractivity contribution in [3.05, 3.63) is 29.8 Å². The van der Waals surface area contributed by atoms with Gasteiger partial charge in [0.2, 0.25) is 17.7 Å². The van der Waals surface area contributed by atoms with E-state index in [2.05, 4.69) is 25.9 Å². The normalized spacial score (nSPS) is 13.3. The van der Waals surface area contributed by atoms with Crippen molar-refractivity contribution in [3.63, 3.8) is 0 Å². The number of phenols is 1. The number of rotatable bonds is 19. The first-order valence-electron chi connectivity index (χ1n) is 13.2. The number of nitrogens with one attached hydrogen (secondary N) is 3. The third-order valence-electron chi connectivity index (χ3n) is 5.89. The Hall–Kier alpha value is -5.13. The summed E-state index contributed by atoms with van der Waals surface area (Å²) in [7, 11) is 0. The second-order valence-corrected chi connectivity index (χ2v) is 9.49. The van der Waals surface area contributed by atoms with Gasteiger partial charge in [-0.25, -0.2) is 4.79 Å². The number of amides is 3. The molecule has 0 saturated carbocycles. The van der Waals surface area contributed by atoms with Crippen LogP contribution in [0, 0.1) is 0 Å². The molecular weight excluding hydrogens is 568 g/mol. The molecule has 0 fully saturated rings. The molecule has 1 aromatic carbocycles. The van der Waals surface area contributed by atoms with Crippen LogP contribution in [0.3, 0.4) is 0 Å². The van der Waals surface area contributed by atoms with E-state index in [-0.39, 0.29) is 56.4 Å². The van der Waals surface area contributed by atoms with E-state index >= 15 is 0 Å². The summed E-state index contributed by atoms with van der Waals surface area (Å²) in [5.41, 5.74) is 27.3. The van der Waals surface area contributed by atoms with Gasteiger partial charge in [-0.1, -0.05) is 12.1 Å². The third-order valence-corrected chi connectivity index (χ3v) is 5.89. The summed E-state index contributed by atoms with van der Waals surface area (Å²) in [4.78, 5) is 69.8. The van der Waals surface area contributed by atoms with E-state index in [9.17, 15) is 39.3 Å². The van der Waals surface area contributed by atoms with E-state index in [1.54, 1.807) is 0 Å². The number of carboxylic acids is 2. The van der Waals surface area contributed by atoms with Crippen LogP contribution in [0.4, 0.5) is 0 Å². The molecule has 3 amide bonds. The summed E-state index contributed by atoms with van der Waals surface area (Å²) in [5, 5.41) is 35.5. The third kappa shape index (κ3) is 14.9. The van der Waals surface area contributed by atoms with Crippen LogP contribution in [-0.2, 0) is 30.4 Å². The molecule has 4 unspecified atom stereocenters. The fourth-order valence-electron chi connectivity index (χ4n) is 3.70. The zero-order valence-electron chi connectivity index (χ0n) is 23.4. The SMILES string of the molecule is NC(N)=NCCCC(N)C(=O)NC(CC(=O)O)C(=O)NC(Cc1ccc(O)cc1)C(=O)NC(CCCN=C(N)N)C(=O)O. The fourth-order valence-corrected chi connectivity index (χ4v) is 3.70. The molecule has 0 bridgehead atoms. The van der Waals surface area contributed by atoms with Crippen molar-refractivity contribution in [2.75, 3.05) is 13.1 Å². The highest BCUT2D eigenvalue weighted by molar-refractivity contribution is 5.95. The summed E-state index contributed by atoms with van der Waals surface area (Å²) >= 11 is 0. The van der Waals surface area contributed by atoms with Gasteiger partial charge in [-0.05, 0) is 43.4 Å². The Morgan fingerprint density at radius 3 is 1.72 bits per heavy atom. The zero-order chi connectivity index (χ0) is 32.5. The van der Waals surface area contributed by atoms with Gasteiger partial charge >= 0.3 is 11.9 Å². The van der Waals surface area contributed by atoms with Gasteiger partial charge in [0.1, 0.15) is 23.9 Å². The molecular formula is C25H40N10O8. The number of phenolic OH excluding ortho intramolecular Hbond substituents is 1. The number of carbonyl (C=O) groups excluding carboxylic acids is 3. The highest BCUT2D eigenvalue weighted by atomic mass is 16.4. The number of hydrogen-bond donors (Lipinski definition) is 11. The molecule has 0 aromatic heterocycles. The first kappa shape index (κ1) is 35.9. The summed E-state index contributed by atoms with van der Waals surface area (Å²) in [6.07, 6.45) is -0.395. The van der Waals surface area contributed by atoms with Crippen molar-refractivity contribution in [2.45, 2.75) is 62.7 Å². The number of nitrogens with zero attached hydrogens (tertiary/aromatic N) is 2. The first-order chi connectivity index (χ1) is 20.2. The maximum atomic E-state index is 13.2. The molecule has 4 atom stereocenters. The lowest BCUT2D eigenvalue weighted by atomic mass is 10.0. The van der Waals surface area contributed by atoms with Gasteiger partial charge in [-0.2, -0.15) is 0 Å². The molecule has 0 aliphatic heterocycles. The number of aliphatic imine (C=N–C) groups is 2. The van der Waals surface area contributed by atoms with E-state index in [1.165, 1.54) is 24.3 Å². The number of nitrogens with two attached hydrogens (primary N) is 5. The van der Waals surface area contributed by atoms with Gasteiger partial charge in [0.15, 0.2) is 11.9 Å². The molecule has 0 aliphatic rings. The lowest BCUT2D eigenvalue weighted by Gasteiger charge is -2.25. The number of aromatic hydroxyl groups is 1. The topological polar surface area (TPSA) is 337 Å². The quantitative estimate of drug-likeness (QED) is 0.0411. The van der Waals surface area contributed by atoms with Crippen LogP contribution in [0.1, 0.15) is 37.7 Å². The van der Waals surface area contributed by atoms with Crippen molar-refractivity contribution in [1.82, 2.24) is 16.0 Å². The zero-order valence-corrected chi connectivity index (χ0v) is 23.4. The Labute approximate surface area is 247 Å². The van der Waals surface area contributed by atoms with E-state index in [0.29, 0.717) is 12.0 Å². The van der Waals surface area contributed by atoms with Crippen molar-refractivity contribution >= 4 is 41.6 Å². The molecule has 18 heteroatoms. The molecule has 0 radical (unpaired) electrons. The van der Waals surface area contributed by atoms with E-state index in [0.717, 1.165) is 0 Å². The lowest BCUT2D eigenvalue weighted by molar-refractivity contribution is -0.143. The lowest BCUT2D eigenvalue weighted by Crippen LogP contribution is -2.58. The second-order valence-electron chi connectivity index (χ2n) is 9.49. The molecule has 0 aliphatic carbocycles. The molecule has 1 rings (SSSR count). The van der Waals surface area contributed by atoms with Gasteiger partial charge < -0.3 is 59.9 Å². The van der Waals surface area contributed by atoms with Gasteiger partial charge in [0, 0.05) is 19.5 Å². The molecule has 0 saturated heterocycles. The Kier molecular flexibility index (Phi) is 15.3. The van der Waals surface area contributed by atoms with Crippen LogP contribution >= 0.6 is 0 Å². The van der Waals surface area contributed by atoms with Crippen molar-refractivity contribution in [3.8, 4) is 5.75 Å². The number of aliphatic carboxylic acids is 2. The van der Waals surface area contributed by atoms with E-state index < -0.39 is 60.2 Å². The minimum absolute atomic E-state index is 0.0451. The number of guanidine groups is 2. The number of carboxylic acid groups (broad SMARTS) is 2. The van der Waals surface area contributed by atoms with Gasteiger partial charge in [0.25, 0.3) is 0 Å². The number of benzene rings is 1. The summed E-state index contributed by atoms with van der Waals surface area (Å²) in [5.74, 6) is -5.89. The summed E-state index contributed by atoms with van der Waals surface area (Å²) in [6.45, 7) is 0.310. The molecule has 18 nitrogen and oxygen atoms in total. The second kappa shape index (κ2) is 18.3. The molecule has 1 aromatic rings. The van der Waals surface area contributed by atoms with Crippen LogP contribution in [0.15, 0.2) is 34.3 Å². The van der Waals surface area contributed by atoms with Crippen LogP contribution in [0.2, 0.25) is 0 Å². The number of carbonyl (C=O) groups is 5. The Morgan fingerprint density at radius 2 is 1.21 bits per heavy atom. The monoisotopic (exact) mass is 608 g/mol. The fraction of sp³-hybridized carbons (Fsp3) is 0.480. The average Bonchev–Trinajstić information content (AvgIpc) is 2.92. The van der Waals surface area contributed by atoms with Gasteiger partial charge in [-0.3, -0.25) is 29.2 Å². The molecule has 43 heavy (non-hydrogen) atoms. The van der Waals surface area contributed by atoms with Crippen LogP contribution < -0.4 is 44.6 Å². The van der Waals surface area contributed by atoms with Crippen molar-refractivity contribution in [2.24, 2.45) is 38.7 Å². The minimum atomic E-state index is -1.63. The predicted molar refractivity (Wildman–Crippen MR) is 155 cm³/mol. The van der Waals surface area contributed by atoms with E-state index in [1.807, 2.05) is 0 Å². The number of hydrogen-bond acceptors (Lipinski definition) is 9. The molecule has 0 spiro atoms. The standard InChI is InChI=1S/C25H40N10O8/c26-15(3-1-9-31-24(27)28)20(39)34-18(12-19(37)38)22(41)35-17(11-13-5-7-14(36)8-6-13)21(40)33-16(23(42)43)4-2-10-32-25(29)30/h5-8,15-18,36H,1-4,9-12,26H2,(H,33,40)(H,34,39)(H,35,41)(H,37,38)(H,42,43)(H4,27,28,31)(H4,29,30,32). The molecule has 238 valence electrons. The van der Waals surface area contributed by atoms with Crippen molar-refractivity contribution < 1.29 is 39.3 Å². The smallest absolute Gasteiger partial charge is 0.326 e. The first-order valence-corrected chi connectivity index (χ1v) is 13.2. The predicted octanol–water partition coefficient (Wildman–Crippen LogP) is -3.62. The maximum absolute atomic E-state index is 13.2. The van der Waals surface area contributed by atoms with Crippen LogP contribution in [-0.4, -0.2) is 94.2 Å². The van der Waals surface area contributed by atoms with Gasteiger partial charge in [0.05, 0.1) is 12.5 Å². The Balaban J connectivity index is 3.09. The summed E-state index contributed by atoms with van der Waals surface area (Å²) < 4.78 is 0.